The van der Waals surface area contributed by atoms with Crippen molar-refractivity contribution in [2.24, 2.45) is 0 Å². The molecule has 2 aromatic carbocycles. The molecule has 1 fully saturated rings. The first-order chi connectivity index (χ1) is 13.9. The highest BCUT2D eigenvalue weighted by Gasteiger charge is 2.57. The van der Waals surface area contributed by atoms with E-state index in [1.54, 1.807) is 6.92 Å². The number of nitrogens with one attached hydrogen (secondary N) is 2. The van der Waals surface area contributed by atoms with Gasteiger partial charge >= 0.3 is 6.18 Å². The van der Waals surface area contributed by atoms with Crippen LogP contribution in [0.3, 0.4) is 0 Å². The second kappa shape index (κ2) is 7.72. The molecule has 162 valence electrons. The third-order valence-electron chi connectivity index (χ3n) is 4.89. The summed E-state index contributed by atoms with van der Waals surface area (Å²) < 4.78 is 59.9. The molecule has 2 N–H and O–H groups in total. The fraction of sp³-hybridized carbons (Fsp3) is 0.350. The topological polar surface area (TPSA) is 59.6 Å². The third kappa shape index (κ3) is 4.10. The van der Waals surface area contributed by atoms with Crippen LogP contribution in [0.2, 0.25) is 5.02 Å². The average Bonchev–Trinajstić information content (AvgIpc) is 2.60. The van der Waals surface area contributed by atoms with E-state index in [0.29, 0.717) is 0 Å². The molecule has 1 heterocycles. The Morgan fingerprint density at radius 3 is 2.47 bits per heavy atom. The molecule has 0 aliphatic carbocycles. The van der Waals surface area contributed by atoms with Gasteiger partial charge in [-0.1, -0.05) is 17.7 Å². The fourth-order valence-corrected chi connectivity index (χ4v) is 4.08. The van der Waals surface area contributed by atoms with Crippen LogP contribution in [0, 0.1) is 5.82 Å². The maximum atomic E-state index is 14.2. The van der Waals surface area contributed by atoms with Gasteiger partial charge in [-0.25, -0.2) is 4.39 Å². The van der Waals surface area contributed by atoms with Crippen LogP contribution in [0.1, 0.15) is 31.4 Å². The summed E-state index contributed by atoms with van der Waals surface area (Å²) in [5.74, 6) is -1.23. The Morgan fingerprint density at radius 2 is 1.90 bits per heavy atom. The summed E-state index contributed by atoms with van der Waals surface area (Å²) in [4.78, 5) is 17.2. The van der Waals surface area contributed by atoms with E-state index in [2.05, 4.69) is 15.6 Å². The van der Waals surface area contributed by atoms with Gasteiger partial charge in [0.1, 0.15) is 11.4 Å². The number of anilines is 2. The molecular weight excluding hydrogens is 428 g/mol. The van der Waals surface area contributed by atoms with Gasteiger partial charge in [-0.15, -0.1) is 0 Å². The van der Waals surface area contributed by atoms with E-state index in [1.165, 1.54) is 38.3 Å². The molecule has 3 rings (SSSR count). The highest BCUT2D eigenvalue weighted by molar-refractivity contribution is 6.31. The Bertz CT molecular complexity index is 955. The summed E-state index contributed by atoms with van der Waals surface area (Å²) in [6, 6.07) is 7.42. The van der Waals surface area contributed by atoms with Crippen molar-refractivity contribution in [1.82, 2.24) is 0 Å². The zero-order valence-corrected chi connectivity index (χ0v) is 17.0. The highest BCUT2D eigenvalue weighted by Crippen LogP contribution is 2.51. The molecule has 1 aliphatic heterocycles. The van der Waals surface area contributed by atoms with E-state index in [1.807, 2.05) is 0 Å². The summed E-state index contributed by atoms with van der Waals surface area (Å²) >= 11 is 6.09. The second-order valence-corrected chi connectivity index (χ2v) is 7.76. The van der Waals surface area contributed by atoms with Gasteiger partial charge in [0.05, 0.1) is 24.0 Å². The van der Waals surface area contributed by atoms with E-state index >= 15 is 0 Å². The lowest BCUT2D eigenvalue weighted by Gasteiger charge is -2.52. The molecule has 1 aliphatic rings. The Balaban J connectivity index is 1.79. The molecule has 0 spiro atoms. The number of carbonyl (C=O) groups is 1. The minimum absolute atomic E-state index is 0.0728. The van der Waals surface area contributed by atoms with E-state index in [9.17, 15) is 22.4 Å². The molecule has 2 aromatic rings. The van der Waals surface area contributed by atoms with Crippen molar-refractivity contribution in [1.29, 1.82) is 0 Å². The fourth-order valence-electron chi connectivity index (χ4n) is 3.72. The van der Waals surface area contributed by atoms with Gasteiger partial charge in [-0.3, -0.25) is 15.1 Å². The summed E-state index contributed by atoms with van der Waals surface area (Å²) in [5, 5.41) is 2.59. The first-order valence-corrected chi connectivity index (χ1v) is 9.24. The number of hydrogen-bond acceptors (Lipinski definition) is 4. The lowest BCUT2D eigenvalue weighted by atomic mass is 9.76. The SMILES string of the molecule is CONc1ccc(NC(=O)C2(C)CC(C)(c3c(F)cccc3Cl)O2)cc1C(F)(F)F. The first-order valence-electron chi connectivity index (χ1n) is 8.86. The van der Waals surface area contributed by atoms with E-state index in [0.717, 1.165) is 12.1 Å². The van der Waals surface area contributed by atoms with Crippen LogP contribution >= 0.6 is 11.6 Å². The Morgan fingerprint density at radius 1 is 1.23 bits per heavy atom. The molecule has 0 aromatic heterocycles. The van der Waals surface area contributed by atoms with E-state index in [4.69, 9.17) is 16.3 Å². The number of amides is 1. The number of rotatable bonds is 5. The van der Waals surface area contributed by atoms with Gasteiger partial charge in [0, 0.05) is 22.7 Å². The Labute approximate surface area is 175 Å². The lowest BCUT2D eigenvalue weighted by Crippen LogP contribution is -2.60. The maximum Gasteiger partial charge on any atom is 0.418 e. The molecular formula is C20H19ClF4N2O3. The molecule has 0 bridgehead atoms. The summed E-state index contributed by atoms with van der Waals surface area (Å²) in [5.41, 5.74) is -1.61. The molecule has 1 amide bonds. The molecule has 0 radical (unpaired) electrons. The molecule has 1 saturated heterocycles. The van der Waals surface area contributed by atoms with Crippen LogP contribution < -0.4 is 10.8 Å². The van der Waals surface area contributed by atoms with Crippen molar-refractivity contribution in [3.8, 4) is 0 Å². The first kappa shape index (κ1) is 22.3. The molecule has 2 unspecified atom stereocenters. The van der Waals surface area contributed by atoms with Crippen molar-refractivity contribution >= 4 is 28.9 Å². The Hall–Kier alpha value is -2.36. The maximum absolute atomic E-state index is 14.2. The standard InChI is InChI=1S/C20H19ClF4N2O3/c1-18(16-13(21)5-4-6-14(16)22)10-19(2,30-18)17(28)26-11-7-8-15(27-29-3)12(9-11)20(23,24)25/h4-9,27H,10H2,1-3H3,(H,26,28). The number of hydrogen-bond donors (Lipinski definition) is 2. The van der Waals surface area contributed by atoms with Crippen molar-refractivity contribution in [3.63, 3.8) is 0 Å². The van der Waals surface area contributed by atoms with Crippen LogP contribution in [-0.4, -0.2) is 18.6 Å². The quantitative estimate of drug-likeness (QED) is 0.470. The summed E-state index contributed by atoms with van der Waals surface area (Å²) in [7, 11) is 1.18. The van der Waals surface area contributed by atoms with Crippen molar-refractivity contribution in [3.05, 3.63) is 58.4 Å². The lowest BCUT2D eigenvalue weighted by molar-refractivity contribution is -0.252. The zero-order chi connectivity index (χ0) is 22.3. The van der Waals surface area contributed by atoms with Gasteiger partial charge < -0.3 is 10.1 Å². The summed E-state index contributed by atoms with van der Waals surface area (Å²) in [6.45, 7) is 3.07. The molecule has 0 saturated carbocycles. The van der Waals surface area contributed by atoms with Gasteiger partial charge in [0.15, 0.2) is 0 Å². The predicted octanol–water partition coefficient (Wildman–Crippen LogP) is 5.50. The Kier molecular flexibility index (Phi) is 5.74. The van der Waals surface area contributed by atoms with Crippen LogP contribution in [0.4, 0.5) is 28.9 Å². The van der Waals surface area contributed by atoms with Crippen molar-refractivity contribution < 1.29 is 31.9 Å². The van der Waals surface area contributed by atoms with Crippen molar-refractivity contribution in [2.45, 2.75) is 37.6 Å². The molecule has 5 nitrogen and oxygen atoms in total. The van der Waals surface area contributed by atoms with Crippen LogP contribution in [0.5, 0.6) is 0 Å². The monoisotopic (exact) mass is 446 g/mol. The minimum Gasteiger partial charge on any atom is -0.354 e. The molecule has 10 heteroatoms. The number of ether oxygens (including phenoxy) is 1. The van der Waals surface area contributed by atoms with Gasteiger partial charge in [-0.2, -0.15) is 13.2 Å². The average molecular weight is 447 g/mol. The zero-order valence-electron chi connectivity index (χ0n) is 16.3. The smallest absolute Gasteiger partial charge is 0.354 e. The third-order valence-corrected chi connectivity index (χ3v) is 5.21. The van der Waals surface area contributed by atoms with Gasteiger partial charge in [0.2, 0.25) is 0 Å². The number of alkyl halides is 3. The van der Waals surface area contributed by atoms with Gasteiger partial charge in [-0.05, 0) is 44.2 Å². The minimum atomic E-state index is -4.67. The molecule has 2 atom stereocenters. The normalized spacial score (nSPS) is 23.6. The van der Waals surface area contributed by atoms with Crippen LogP contribution in [0.15, 0.2) is 36.4 Å². The van der Waals surface area contributed by atoms with Crippen LogP contribution in [0.25, 0.3) is 0 Å². The number of halogens is 5. The largest absolute Gasteiger partial charge is 0.418 e. The predicted molar refractivity (Wildman–Crippen MR) is 104 cm³/mol. The van der Waals surface area contributed by atoms with Crippen molar-refractivity contribution in [2.75, 3.05) is 17.9 Å². The number of benzene rings is 2. The number of carbonyl (C=O) groups excluding carboxylic acids is 1. The summed E-state index contributed by atoms with van der Waals surface area (Å²) in [6.07, 6.45) is -4.58. The van der Waals surface area contributed by atoms with E-state index < -0.39 is 34.7 Å². The van der Waals surface area contributed by atoms with Gasteiger partial charge in [0.25, 0.3) is 5.91 Å². The van der Waals surface area contributed by atoms with Crippen LogP contribution in [-0.2, 0) is 26.1 Å². The highest BCUT2D eigenvalue weighted by atomic mass is 35.5. The van der Waals surface area contributed by atoms with E-state index in [-0.39, 0.29) is 28.4 Å². The second-order valence-electron chi connectivity index (χ2n) is 7.36. The molecule has 30 heavy (non-hydrogen) atoms.